The fourth-order valence-electron chi connectivity index (χ4n) is 3.03. The van der Waals surface area contributed by atoms with Crippen LogP contribution in [0.3, 0.4) is 0 Å². The molecule has 1 aromatic rings. The Morgan fingerprint density at radius 2 is 1.91 bits per heavy atom. The van der Waals surface area contributed by atoms with Gasteiger partial charge in [-0.3, -0.25) is 4.79 Å². The number of nitrogens with one attached hydrogen (secondary N) is 2. The summed E-state index contributed by atoms with van der Waals surface area (Å²) in [6, 6.07) is 5.60. The van der Waals surface area contributed by atoms with Gasteiger partial charge in [0.2, 0.25) is 5.91 Å². The summed E-state index contributed by atoms with van der Waals surface area (Å²) in [5, 5.41) is 5.77. The largest absolute Gasteiger partial charge is 0.377 e. The Hall–Kier alpha value is -2.08. The van der Waals surface area contributed by atoms with Gasteiger partial charge in [-0.15, -0.1) is 0 Å². The molecule has 1 unspecified atom stereocenters. The Morgan fingerprint density at radius 1 is 1.22 bits per heavy atom. The highest BCUT2D eigenvalue weighted by Crippen LogP contribution is 2.36. The predicted octanol–water partition coefficient (Wildman–Crippen LogP) is 2.60. The third kappa shape index (κ3) is 3.64. The molecular weight excluding hydrogens is 294 g/mol. The van der Waals surface area contributed by atoms with Crippen LogP contribution < -0.4 is 10.6 Å². The van der Waals surface area contributed by atoms with Gasteiger partial charge in [-0.1, -0.05) is 6.07 Å². The molecule has 23 heavy (non-hydrogen) atoms. The molecule has 0 radical (unpaired) electrons. The molecule has 3 rings (SSSR count). The van der Waals surface area contributed by atoms with Crippen LogP contribution in [0.15, 0.2) is 18.2 Å². The van der Waals surface area contributed by atoms with Crippen LogP contribution in [-0.2, 0) is 9.53 Å². The van der Waals surface area contributed by atoms with E-state index < -0.39 is 0 Å². The quantitative estimate of drug-likeness (QED) is 0.900. The average molecular weight is 317 g/mol. The molecule has 1 heterocycles. The van der Waals surface area contributed by atoms with Gasteiger partial charge in [0.15, 0.2) is 0 Å². The maximum atomic E-state index is 12.7. The van der Waals surface area contributed by atoms with Gasteiger partial charge in [0.25, 0.3) is 0 Å². The van der Waals surface area contributed by atoms with E-state index in [-0.39, 0.29) is 18.0 Å². The molecule has 6 nitrogen and oxygen atoms in total. The third-order valence-electron chi connectivity index (χ3n) is 4.48. The van der Waals surface area contributed by atoms with Gasteiger partial charge < -0.3 is 20.3 Å². The lowest BCUT2D eigenvalue weighted by atomic mass is 10.1. The van der Waals surface area contributed by atoms with Crippen molar-refractivity contribution in [2.45, 2.75) is 32.7 Å². The SMILES string of the molecule is CC(=O)Nc1cccc(NC(=O)N2CCOCC2C2CC2)c1C. The molecule has 2 N–H and O–H groups in total. The Bertz CT molecular complexity index is 613. The van der Waals surface area contributed by atoms with Crippen molar-refractivity contribution in [2.24, 2.45) is 5.92 Å². The van der Waals surface area contributed by atoms with Crippen LogP contribution in [0.25, 0.3) is 0 Å². The first-order chi connectivity index (χ1) is 11.1. The second-order valence-electron chi connectivity index (χ2n) is 6.26. The lowest BCUT2D eigenvalue weighted by molar-refractivity contribution is -0.114. The topological polar surface area (TPSA) is 70.7 Å². The number of carbonyl (C=O) groups is 2. The van der Waals surface area contributed by atoms with Crippen LogP contribution in [0.2, 0.25) is 0 Å². The summed E-state index contributed by atoms with van der Waals surface area (Å²) in [6.07, 6.45) is 2.35. The summed E-state index contributed by atoms with van der Waals surface area (Å²) in [5.41, 5.74) is 2.30. The molecule has 1 aliphatic heterocycles. The maximum Gasteiger partial charge on any atom is 0.322 e. The van der Waals surface area contributed by atoms with E-state index in [2.05, 4.69) is 10.6 Å². The zero-order chi connectivity index (χ0) is 16.4. The number of benzene rings is 1. The number of rotatable bonds is 3. The van der Waals surface area contributed by atoms with Crippen molar-refractivity contribution in [3.05, 3.63) is 23.8 Å². The van der Waals surface area contributed by atoms with Gasteiger partial charge in [-0.25, -0.2) is 4.79 Å². The molecule has 0 bridgehead atoms. The first kappa shape index (κ1) is 15.8. The smallest absolute Gasteiger partial charge is 0.322 e. The van der Waals surface area contributed by atoms with Crippen LogP contribution >= 0.6 is 0 Å². The summed E-state index contributed by atoms with van der Waals surface area (Å²) in [7, 11) is 0. The van der Waals surface area contributed by atoms with E-state index in [1.807, 2.05) is 30.0 Å². The second kappa shape index (κ2) is 6.58. The number of hydrogen-bond acceptors (Lipinski definition) is 3. The van der Waals surface area contributed by atoms with E-state index in [1.54, 1.807) is 0 Å². The highest BCUT2D eigenvalue weighted by atomic mass is 16.5. The highest BCUT2D eigenvalue weighted by molar-refractivity contribution is 5.94. The minimum Gasteiger partial charge on any atom is -0.377 e. The lowest BCUT2D eigenvalue weighted by Gasteiger charge is -2.36. The number of anilines is 2. The third-order valence-corrected chi connectivity index (χ3v) is 4.48. The van der Waals surface area contributed by atoms with Crippen molar-refractivity contribution < 1.29 is 14.3 Å². The minimum absolute atomic E-state index is 0.0896. The average Bonchev–Trinajstić information content (AvgIpc) is 3.35. The maximum absolute atomic E-state index is 12.7. The first-order valence-electron chi connectivity index (χ1n) is 8.09. The summed E-state index contributed by atoms with van der Waals surface area (Å²) < 4.78 is 5.53. The molecule has 0 spiro atoms. The molecular formula is C17H23N3O3. The standard InChI is InChI=1S/C17H23N3O3/c1-11-14(18-12(2)21)4-3-5-15(11)19-17(22)20-8-9-23-10-16(20)13-6-7-13/h3-5,13,16H,6-10H2,1-2H3,(H,18,21)(H,19,22). The normalized spacial score (nSPS) is 21.0. The number of hydrogen-bond donors (Lipinski definition) is 2. The number of amides is 3. The van der Waals surface area contributed by atoms with Crippen LogP contribution in [0.5, 0.6) is 0 Å². The van der Waals surface area contributed by atoms with Crippen LogP contribution in [0, 0.1) is 12.8 Å². The van der Waals surface area contributed by atoms with Crippen molar-refractivity contribution in [3.63, 3.8) is 0 Å². The zero-order valence-corrected chi connectivity index (χ0v) is 13.6. The van der Waals surface area contributed by atoms with Gasteiger partial charge in [0, 0.05) is 24.8 Å². The first-order valence-corrected chi connectivity index (χ1v) is 8.09. The number of morpholine rings is 1. The Labute approximate surface area is 136 Å². The lowest BCUT2D eigenvalue weighted by Crippen LogP contribution is -2.51. The Kier molecular flexibility index (Phi) is 4.52. The van der Waals surface area contributed by atoms with Crippen molar-refractivity contribution in [1.82, 2.24) is 4.90 Å². The number of carbonyl (C=O) groups excluding carboxylic acids is 2. The van der Waals surface area contributed by atoms with Crippen LogP contribution in [0.4, 0.5) is 16.2 Å². The van der Waals surface area contributed by atoms with Gasteiger partial charge in [-0.2, -0.15) is 0 Å². The van der Waals surface area contributed by atoms with Crippen LogP contribution in [0.1, 0.15) is 25.3 Å². The highest BCUT2D eigenvalue weighted by Gasteiger charge is 2.39. The summed E-state index contributed by atoms with van der Waals surface area (Å²) in [5.74, 6) is 0.450. The van der Waals surface area contributed by atoms with E-state index in [0.717, 1.165) is 16.9 Å². The Morgan fingerprint density at radius 3 is 2.57 bits per heavy atom. The summed E-state index contributed by atoms with van der Waals surface area (Å²) in [6.45, 7) is 5.19. The summed E-state index contributed by atoms with van der Waals surface area (Å²) >= 11 is 0. The number of ether oxygens (including phenoxy) is 1. The molecule has 1 saturated carbocycles. The van der Waals surface area contributed by atoms with Crippen molar-refractivity contribution in [1.29, 1.82) is 0 Å². The van der Waals surface area contributed by atoms with E-state index in [4.69, 9.17) is 4.74 Å². The fourth-order valence-corrected chi connectivity index (χ4v) is 3.03. The minimum atomic E-state index is -0.126. The molecule has 124 valence electrons. The van der Waals surface area contributed by atoms with Crippen molar-refractivity contribution in [3.8, 4) is 0 Å². The van der Waals surface area contributed by atoms with Gasteiger partial charge in [0.05, 0.1) is 19.3 Å². The zero-order valence-electron chi connectivity index (χ0n) is 13.6. The molecule has 1 atom stereocenters. The molecule has 3 amide bonds. The summed E-state index contributed by atoms with van der Waals surface area (Å²) in [4.78, 5) is 25.8. The van der Waals surface area contributed by atoms with E-state index in [1.165, 1.54) is 19.8 Å². The van der Waals surface area contributed by atoms with Gasteiger partial charge in [-0.05, 0) is 43.4 Å². The van der Waals surface area contributed by atoms with Crippen LogP contribution in [-0.4, -0.2) is 42.6 Å². The molecule has 0 aromatic heterocycles. The van der Waals surface area contributed by atoms with Gasteiger partial charge in [0.1, 0.15) is 0 Å². The van der Waals surface area contributed by atoms with Gasteiger partial charge >= 0.3 is 6.03 Å². The molecule has 1 aromatic carbocycles. The second-order valence-corrected chi connectivity index (χ2v) is 6.26. The fraction of sp³-hybridized carbons (Fsp3) is 0.529. The molecule has 2 aliphatic rings. The molecule has 6 heteroatoms. The monoisotopic (exact) mass is 317 g/mol. The molecule has 1 aliphatic carbocycles. The van der Waals surface area contributed by atoms with Crippen molar-refractivity contribution in [2.75, 3.05) is 30.4 Å². The molecule has 1 saturated heterocycles. The van der Waals surface area contributed by atoms with E-state index >= 15 is 0 Å². The van der Waals surface area contributed by atoms with E-state index in [0.29, 0.717) is 25.7 Å². The number of urea groups is 1. The number of nitrogens with zero attached hydrogens (tertiary/aromatic N) is 1. The Balaban J connectivity index is 1.73. The van der Waals surface area contributed by atoms with Crippen molar-refractivity contribution >= 4 is 23.3 Å². The van der Waals surface area contributed by atoms with E-state index in [9.17, 15) is 9.59 Å². The predicted molar refractivity (Wildman–Crippen MR) is 88.5 cm³/mol. The molecule has 2 fully saturated rings.